The van der Waals surface area contributed by atoms with E-state index in [9.17, 15) is 0 Å². The predicted molar refractivity (Wildman–Crippen MR) is 79.5 cm³/mol. The van der Waals surface area contributed by atoms with Gasteiger partial charge in [-0.2, -0.15) is 0 Å². The summed E-state index contributed by atoms with van der Waals surface area (Å²) in [4.78, 5) is 2.49. The molecule has 1 aromatic carbocycles. The fraction of sp³-hybridized carbons (Fsp3) is 0.600. The third kappa shape index (κ3) is 3.03. The number of piperidine rings is 1. The number of halogens is 1. The molecule has 1 aromatic rings. The molecule has 2 aliphatic heterocycles. The smallest absolute Gasteiger partial charge is 0.231 e. The van der Waals surface area contributed by atoms with Gasteiger partial charge in [0.25, 0.3) is 0 Å². The van der Waals surface area contributed by atoms with Gasteiger partial charge in [0, 0.05) is 6.54 Å². The van der Waals surface area contributed by atoms with E-state index in [-0.39, 0.29) is 6.79 Å². The van der Waals surface area contributed by atoms with Gasteiger partial charge in [0.2, 0.25) is 6.79 Å². The largest absolute Gasteiger partial charge is 0.454 e. The number of hydrogen-bond donors (Lipinski definition) is 1. The number of rotatable bonds is 4. The van der Waals surface area contributed by atoms with Gasteiger partial charge in [-0.25, -0.2) is 0 Å². The van der Waals surface area contributed by atoms with Crippen LogP contribution >= 0.6 is 11.6 Å². The maximum absolute atomic E-state index is 6.23. The first-order valence-corrected chi connectivity index (χ1v) is 7.59. The number of nitrogens with one attached hydrogen (secondary N) is 1. The summed E-state index contributed by atoms with van der Waals surface area (Å²) < 4.78 is 10.8. The fourth-order valence-electron chi connectivity index (χ4n) is 3.01. The molecule has 2 heterocycles. The molecule has 0 amide bonds. The van der Waals surface area contributed by atoms with Gasteiger partial charge in [0.1, 0.15) is 0 Å². The van der Waals surface area contributed by atoms with Crippen LogP contribution in [0.1, 0.15) is 18.4 Å². The normalized spacial score (nSPS) is 19.5. The number of likely N-dealkylation sites (tertiary alicyclic amines) is 1. The van der Waals surface area contributed by atoms with E-state index in [2.05, 4.69) is 10.2 Å². The van der Waals surface area contributed by atoms with Crippen molar-refractivity contribution in [1.82, 2.24) is 10.2 Å². The number of fused-ring (bicyclic) bond motifs is 1. The summed E-state index contributed by atoms with van der Waals surface area (Å²) in [7, 11) is 2.03. The molecule has 0 aliphatic carbocycles. The lowest BCUT2D eigenvalue weighted by Gasteiger charge is -2.31. The molecule has 0 saturated carbocycles. The van der Waals surface area contributed by atoms with Crippen LogP contribution in [-0.2, 0) is 6.54 Å². The van der Waals surface area contributed by atoms with Crippen LogP contribution in [0.4, 0.5) is 0 Å². The summed E-state index contributed by atoms with van der Waals surface area (Å²) in [5.41, 5.74) is 1.20. The maximum atomic E-state index is 6.23. The number of ether oxygens (including phenoxy) is 2. The van der Waals surface area contributed by atoms with E-state index in [0.717, 1.165) is 37.8 Å². The van der Waals surface area contributed by atoms with Crippen molar-refractivity contribution >= 4 is 11.6 Å². The Hall–Kier alpha value is -0.970. The topological polar surface area (TPSA) is 33.7 Å². The lowest BCUT2D eigenvalue weighted by atomic mass is 9.96. The van der Waals surface area contributed by atoms with E-state index in [0.29, 0.717) is 10.8 Å². The average Bonchev–Trinajstić information content (AvgIpc) is 2.90. The van der Waals surface area contributed by atoms with Crippen molar-refractivity contribution in [2.75, 3.05) is 33.5 Å². The Morgan fingerprint density at radius 1 is 1.30 bits per heavy atom. The van der Waals surface area contributed by atoms with E-state index < -0.39 is 0 Å². The standard InChI is InChI=1S/C15H21ClN2O2/c1-17-8-11-2-4-18(5-3-11)9-12-6-13(16)15-14(7-12)19-10-20-15/h6-7,11,17H,2-5,8-10H2,1H3. The van der Waals surface area contributed by atoms with Gasteiger partial charge in [0.15, 0.2) is 11.5 Å². The van der Waals surface area contributed by atoms with Crippen LogP contribution in [0.5, 0.6) is 11.5 Å². The second kappa shape index (κ2) is 6.20. The zero-order chi connectivity index (χ0) is 13.9. The molecule has 20 heavy (non-hydrogen) atoms. The van der Waals surface area contributed by atoms with Crippen LogP contribution < -0.4 is 14.8 Å². The minimum atomic E-state index is 0.272. The molecule has 2 aliphatic rings. The molecule has 0 atom stereocenters. The molecule has 1 fully saturated rings. The summed E-state index contributed by atoms with van der Waals surface area (Å²) in [5.74, 6) is 2.28. The molecule has 0 aromatic heterocycles. The Morgan fingerprint density at radius 2 is 2.10 bits per heavy atom. The van der Waals surface area contributed by atoms with Crippen LogP contribution in [0.2, 0.25) is 5.02 Å². The number of benzene rings is 1. The molecule has 0 radical (unpaired) electrons. The van der Waals surface area contributed by atoms with E-state index >= 15 is 0 Å². The van der Waals surface area contributed by atoms with Crippen molar-refractivity contribution in [1.29, 1.82) is 0 Å². The highest BCUT2D eigenvalue weighted by molar-refractivity contribution is 6.32. The summed E-state index contributed by atoms with van der Waals surface area (Å²) in [5, 5.41) is 3.92. The van der Waals surface area contributed by atoms with E-state index in [1.807, 2.05) is 19.2 Å². The van der Waals surface area contributed by atoms with Crippen molar-refractivity contribution in [2.24, 2.45) is 5.92 Å². The van der Waals surface area contributed by atoms with Crippen LogP contribution in [0.25, 0.3) is 0 Å². The van der Waals surface area contributed by atoms with Crippen molar-refractivity contribution < 1.29 is 9.47 Å². The molecule has 0 unspecified atom stereocenters. The first kappa shape index (κ1) is 14.0. The molecular formula is C15H21ClN2O2. The lowest BCUT2D eigenvalue weighted by molar-refractivity contribution is 0.172. The molecule has 3 rings (SSSR count). The van der Waals surface area contributed by atoms with Crippen LogP contribution in [0.15, 0.2) is 12.1 Å². The van der Waals surface area contributed by atoms with Gasteiger partial charge in [-0.3, -0.25) is 4.90 Å². The molecule has 5 heteroatoms. The minimum Gasteiger partial charge on any atom is -0.454 e. The van der Waals surface area contributed by atoms with E-state index in [4.69, 9.17) is 21.1 Å². The van der Waals surface area contributed by atoms with Crippen LogP contribution in [0, 0.1) is 5.92 Å². The molecule has 0 bridgehead atoms. The van der Waals surface area contributed by atoms with Gasteiger partial charge in [-0.05, 0) is 63.1 Å². The average molecular weight is 297 g/mol. The highest BCUT2D eigenvalue weighted by atomic mass is 35.5. The first-order chi connectivity index (χ1) is 9.76. The van der Waals surface area contributed by atoms with Crippen LogP contribution in [0.3, 0.4) is 0 Å². The second-order valence-electron chi connectivity index (χ2n) is 5.59. The molecule has 4 nitrogen and oxygen atoms in total. The molecule has 1 saturated heterocycles. The molecule has 110 valence electrons. The highest BCUT2D eigenvalue weighted by Gasteiger charge is 2.21. The van der Waals surface area contributed by atoms with Gasteiger partial charge >= 0.3 is 0 Å². The summed E-state index contributed by atoms with van der Waals surface area (Å²) >= 11 is 6.23. The van der Waals surface area contributed by atoms with E-state index in [1.54, 1.807) is 0 Å². The number of hydrogen-bond acceptors (Lipinski definition) is 4. The monoisotopic (exact) mass is 296 g/mol. The summed E-state index contributed by atoms with van der Waals surface area (Å²) in [6, 6.07) is 4.04. The predicted octanol–water partition coefficient (Wildman–Crippen LogP) is 2.50. The Labute approximate surface area is 125 Å². The second-order valence-corrected chi connectivity index (χ2v) is 6.00. The third-order valence-electron chi connectivity index (χ3n) is 4.09. The first-order valence-electron chi connectivity index (χ1n) is 7.21. The maximum Gasteiger partial charge on any atom is 0.231 e. The Bertz CT molecular complexity index is 473. The van der Waals surface area contributed by atoms with E-state index in [1.165, 1.54) is 18.4 Å². The van der Waals surface area contributed by atoms with Gasteiger partial charge in [-0.1, -0.05) is 11.6 Å². The van der Waals surface area contributed by atoms with Crippen molar-refractivity contribution in [3.63, 3.8) is 0 Å². The van der Waals surface area contributed by atoms with Crippen molar-refractivity contribution in [3.8, 4) is 11.5 Å². The fourth-order valence-corrected chi connectivity index (χ4v) is 3.30. The zero-order valence-electron chi connectivity index (χ0n) is 11.8. The quantitative estimate of drug-likeness (QED) is 0.926. The van der Waals surface area contributed by atoms with Gasteiger partial charge in [0.05, 0.1) is 5.02 Å². The van der Waals surface area contributed by atoms with Crippen molar-refractivity contribution in [3.05, 3.63) is 22.7 Å². The van der Waals surface area contributed by atoms with Crippen LogP contribution in [-0.4, -0.2) is 38.4 Å². The molecule has 1 N–H and O–H groups in total. The summed E-state index contributed by atoms with van der Waals surface area (Å²) in [6.07, 6.45) is 2.53. The Kier molecular flexibility index (Phi) is 4.34. The minimum absolute atomic E-state index is 0.272. The number of nitrogens with zero attached hydrogens (tertiary/aromatic N) is 1. The summed E-state index contributed by atoms with van der Waals surface area (Å²) in [6.45, 7) is 4.64. The lowest BCUT2D eigenvalue weighted by Crippen LogP contribution is -2.36. The van der Waals surface area contributed by atoms with Gasteiger partial charge < -0.3 is 14.8 Å². The van der Waals surface area contributed by atoms with Crippen molar-refractivity contribution in [2.45, 2.75) is 19.4 Å². The highest BCUT2D eigenvalue weighted by Crippen LogP contribution is 2.40. The third-order valence-corrected chi connectivity index (χ3v) is 4.37. The molecular weight excluding hydrogens is 276 g/mol. The Balaban J connectivity index is 1.60. The Morgan fingerprint density at radius 3 is 2.85 bits per heavy atom. The molecule has 0 spiro atoms. The zero-order valence-corrected chi connectivity index (χ0v) is 12.6. The van der Waals surface area contributed by atoms with Gasteiger partial charge in [-0.15, -0.1) is 0 Å². The SMILES string of the molecule is CNCC1CCN(Cc2cc(Cl)c3c(c2)OCO3)CC1.